The van der Waals surface area contributed by atoms with Crippen molar-refractivity contribution >= 4 is 17.3 Å². The second kappa shape index (κ2) is 4.22. The first-order valence-electron chi connectivity index (χ1n) is 1.86. The van der Waals surface area contributed by atoms with Crippen LogP contribution in [0.4, 0.5) is 0 Å². The van der Waals surface area contributed by atoms with Crippen molar-refractivity contribution in [1.29, 1.82) is 0 Å². The lowest BCUT2D eigenvalue weighted by atomic mass is 10.6. The Morgan fingerprint density at radius 2 is 2.43 bits per heavy atom. The van der Waals surface area contributed by atoms with Crippen molar-refractivity contribution < 1.29 is 17.4 Å². The third kappa shape index (κ3) is 2.71. The molecule has 1 aliphatic rings. The van der Waals surface area contributed by atoms with Gasteiger partial charge in [0.2, 0.25) is 5.55 Å². The molecule has 0 saturated carbocycles. The standard InChI is InChI=1S/C4H5NS.ClH/c1-2-5-4-6-3-1;/h1,3-4H,2H2;1H. The predicted octanol–water partition coefficient (Wildman–Crippen LogP) is -3.64. The molecule has 0 aliphatic carbocycles. The van der Waals surface area contributed by atoms with E-state index in [1.165, 1.54) is 0 Å². The second-order valence-corrected chi connectivity index (χ2v) is 1.81. The summed E-state index contributed by atoms with van der Waals surface area (Å²) in [7, 11) is 0. The smallest absolute Gasteiger partial charge is 0.200 e. The van der Waals surface area contributed by atoms with Crippen molar-refractivity contribution in [3.8, 4) is 0 Å². The van der Waals surface area contributed by atoms with Gasteiger partial charge in [-0.05, 0) is 23.2 Å². The molecule has 0 radical (unpaired) electrons. The number of hydrogen-bond donors (Lipinski definition) is 1. The van der Waals surface area contributed by atoms with Crippen LogP contribution in [0.15, 0.2) is 11.5 Å². The number of halogens is 1. The van der Waals surface area contributed by atoms with Gasteiger partial charge in [0.1, 0.15) is 0 Å². The van der Waals surface area contributed by atoms with E-state index in [4.69, 9.17) is 0 Å². The van der Waals surface area contributed by atoms with Gasteiger partial charge in [-0.1, -0.05) is 0 Å². The number of rotatable bonds is 0. The molecular formula is C4H6ClNS. The maximum Gasteiger partial charge on any atom is 0.200 e. The lowest BCUT2D eigenvalue weighted by Crippen LogP contribution is -3.00. The van der Waals surface area contributed by atoms with Crippen LogP contribution in [0.2, 0.25) is 0 Å². The van der Waals surface area contributed by atoms with E-state index in [0.717, 1.165) is 6.54 Å². The Labute approximate surface area is 53.3 Å². The van der Waals surface area contributed by atoms with Crippen LogP contribution in [0.5, 0.6) is 0 Å². The highest BCUT2D eigenvalue weighted by molar-refractivity contribution is 8.14. The topological polar surface area (TPSA) is 14.0 Å². The van der Waals surface area contributed by atoms with Gasteiger partial charge < -0.3 is 12.4 Å². The van der Waals surface area contributed by atoms with E-state index < -0.39 is 0 Å². The van der Waals surface area contributed by atoms with Crippen molar-refractivity contribution in [2.75, 3.05) is 6.54 Å². The van der Waals surface area contributed by atoms with E-state index in [9.17, 15) is 0 Å². The summed E-state index contributed by atoms with van der Waals surface area (Å²) in [5.74, 6) is 0. The van der Waals surface area contributed by atoms with Gasteiger partial charge in [-0.15, -0.1) is 0 Å². The quantitative estimate of drug-likeness (QED) is 0.362. The number of nitrogens with one attached hydrogen (secondary N) is 1. The van der Waals surface area contributed by atoms with Gasteiger partial charge in [0, 0.05) is 0 Å². The Hall–Kier alpha value is 0.0500. The minimum atomic E-state index is 0. The fraction of sp³-hybridized carbons (Fsp3) is 0.250. The molecule has 0 fully saturated rings. The molecule has 1 rings (SSSR count). The van der Waals surface area contributed by atoms with E-state index in [1.54, 1.807) is 11.8 Å². The van der Waals surface area contributed by atoms with Crippen LogP contribution in [-0.4, -0.2) is 12.1 Å². The van der Waals surface area contributed by atoms with Gasteiger partial charge in [0.15, 0.2) is 6.54 Å². The van der Waals surface area contributed by atoms with Crippen LogP contribution in [0.25, 0.3) is 0 Å². The van der Waals surface area contributed by atoms with Crippen LogP contribution in [0.1, 0.15) is 0 Å². The normalized spacial score (nSPS) is 16.0. The van der Waals surface area contributed by atoms with Crippen molar-refractivity contribution in [3.63, 3.8) is 0 Å². The molecule has 1 N–H and O–H groups in total. The molecule has 0 aromatic carbocycles. The Bertz CT molecular complexity index is 69.7. The van der Waals surface area contributed by atoms with E-state index >= 15 is 0 Å². The summed E-state index contributed by atoms with van der Waals surface area (Å²) in [6.45, 7) is 0.993. The molecule has 0 atom stereocenters. The minimum Gasteiger partial charge on any atom is -1.00 e. The molecule has 1 nitrogen and oxygen atoms in total. The molecule has 0 bridgehead atoms. The predicted molar refractivity (Wildman–Crippen MR) is 28.6 cm³/mol. The Balaban J connectivity index is 0.000000360. The summed E-state index contributed by atoms with van der Waals surface area (Å²) in [5, 5.41) is 2.07. The molecule has 0 unspecified atom stereocenters. The highest BCUT2D eigenvalue weighted by atomic mass is 35.5. The maximum atomic E-state index is 3.04. The zero-order valence-electron chi connectivity index (χ0n) is 3.73. The molecule has 0 aromatic heterocycles. The SMILES string of the molecule is C1=CSC=[NH+]C1.[Cl-]. The van der Waals surface area contributed by atoms with E-state index in [1.807, 2.05) is 5.55 Å². The Kier molecular flexibility index (Phi) is 4.25. The van der Waals surface area contributed by atoms with Gasteiger partial charge >= 0.3 is 0 Å². The van der Waals surface area contributed by atoms with Crippen LogP contribution < -0.4 is 17.4 Å². The molecule has 1 aliphatic heterocycles. The Morgan fingerprint density at radius 3 is 2.57 bits per heavy atom. The first-order valence-corrected chi connectivity index (χ1v) is 2.80. The molecule has 0 aromatic rings. The Morgan fingerprint density at radius 1 is 1.57 bits per heavy atom. The summed E-state index contributed by atoms with van der Waals surface area (Å²) < 4.78 is 0. The molecule has 1 heterocycles. The molecule has 0 spiro atoms. The summed E-state index contributed by atoms with van der Waals surface area (Å²) >= 11 is 1.68. The molecule has 3 heteroatoms. The second-order valence-electron chi connectivity index (χ2n) is 1.03. The van der Waals surface area contributed by atoms with Crippen LogP contribution in [0, 0.1) is 0 Å². The molecule has 40 valence electrons. The van der Waals surface area contributed by atoms with Crippen molar-refractivity contribution in [1.82, 2.24) is 0 Å². The van der Waals surface area contributed by atoms with Gasteiger partial charge in [0.25, 0.3) is 0 Å². The van der Waals surface area contributed by atoms with Gasteiger partial charge in [0.05, 0.1) is 0 Å². The minimum absolute atomic E-state index is 0. The highest BCUT2D eigenvalue weighted by Gasteiger charge is 1.83. The van der Waals surface area contributed by atoms with Crippen molar-refractivity contribution in [2.24, 2.45) is 0 Å². The maximum absolute atomic E-state index is 3.04. The monoisotopic (exact) mass is 135 g/mol. The largest absolute Gasteiger partial charge is 1.00 e. The van der Waals surface area contributed by atoms with Gasteiger partial charge in [-0.3, -0.25) is 0 Å². The fourth-order valence-electron chi connectivity index (χ4n) is 0.307. The molecular weight excluding hydrogens is 130 g/mol. The highest BCUT2D eigenvalue weighted by Crippen LogP contribution is 1.92. The lowest BCUT2D eigenvalue weighted by Gasteiger charge is -1.80. The third-order valence-electron chi connectivity index (χ3n) is 0.562. The van der Waals surface area contributed by atoms with Crippen LogP contribution in [0.3, 0.4) is 0 Å². The van der Waals surface area contributed by atoms with Crippen LogP contribution >= 0.6 is 11.8 Å². The van der Waals surface area contributed by atoms with Crippen molar-refractivity contribution in [3.05, 3.63) is 11.5 Å². The average molecular weight is 136 g/mol. The molecule has 7 heavy (non-hydrogen) atoms. The molecule has 0 saturated heterocycles. The number of hydrogen-bond acceptors (Lipinski definition) is 1. The zero-order valence-corrected chi connectivity index (χ0v) is 5.30. The fourth-order valence-corrected chi connectivity index (χ4v) is 0.786. The third-order valence-corrected chi connectivity index (χ3v) is 1.21. The summed E-state index contributed by atoms with van der Waals surface area (Å²) in [6, 6.07) is 0. The van der Waals surface area contributed by atoms with E-state index in [-0.39, 0.29) is 12.4 Å². The molecule has 0 amide bonds. The van der Waals surface area contributed by atoms with Gasteiger partial charge in [-0.25, -0.2) is 4.99 Å². The first kappa shape index (κ1) is 7.05. The zero-order chi connectivity index (χ0) is 4.24. The van der Waals surface area contributed by atoms with Gasteiger partial charge in [-0.2, -0.15) is 0 Å². The summed E-state index contributed by atoms with van der Waals surface area (Å²) in [4.78, 5) is 3.04. The number of thioether (sulfide) groups is 1. The lowest BCUT2D eigenvalue weighted by molar-refractivity contribution is -0.436. The summed E-state index contributed by atoms with van der Waals surface area (Å²) in [5.41, 5.74) is 1.97. The average Bonchev–Trinajstić information content (AvgIpc) is 1.72. The van der Waals surface area contributed by atoms with Crippen LogP contribution in [-0.2, 0) is 0 Å². The van der Waals surface area contributed by atoms with Crippen molar-refractivity contribution in [2.45, 2.75) is 0 Å². The van der Waals surface area contributed by atoms with E-state index in [0.29, 0.717) is 0 Å². The summed E-state index contributed by atoms with van der Waals surface area (Å²) in [6.07, 6.45) is 2.09. The van der Waals surface area contributed by atoms with E-state index in [2.05, 4.69) is 16.5 Å². The first-order chi connectivity index (χ1) is 3.00.